The number of carboxylic acids is 2. The van der Waals surface area contributed by atoms with Crippen molar-refractivity contribution in [1.29, 1.82) is 0 Å². The van der Waals surface area contributed by atoms with Crippen LogP contribution in [-0.4, -0.2) is 43.3 Å². The van der Waals surface area contributed by atoms with Crippen LogP contribution in [0.4, 0.5) is 0 Å². The molecule has 0 aromatic carbocycles. The summed E-state index contributed by atoms with van der Waals surface area (Å²) in [5, 5.41) is 29.0. The van der Waals surface area contributed by atoms with Crippen LogP contribution in [0.1, 0.15) is 0 Å². The van der Waals surface area contributed by atoms with Crippen molar-refractivity contribution in [3.05, 3.63) is 0 Å². The molecule has 0 fully saturated rings. The molecule has 4 N–H and O–H groups in total. The molecule has 0 unspecified atom stereocenters. The number of hydrogen-bond acceptors (Lipinski definition) is 7. The summed E-state index contributed by atoms with van der Waals surface area (Å²) in [6, 6.07) is 0. The third-order valence-electron chi connectivity index (χ3n) is 0.776. The average molecular weight is 408 g/mol. The zero-order chi connectivity index (χ0) is 10.7. The fraction of sp³-hybridized carbons (Fsp3) is 0.667. The van der Waals surface area contributed by atoms with E-state index in [0.717, 1.165) is 6.54 Å². The Kier molecular flexibility index (Phi) is 32.4. The van der Waals surface area contributed by atoms with Crippen molar-refractivity contribution in [1.82, 2.24) is 5.32 Å². The van der Waals surface area contributed by atoms with Crippen molar-refractivity contribution in [2.45, 2.75) is 0 Å². The summed E-state index contributed by atoms with van der Waals surface area (Å²) in [7, 11) is 0. The van der Waals surface area contributed by atoms with Gasteiger partial charge in [0.25, 0.3) is 0 Å². The second-order valence-electron chi connectivity index (χ2n) is 1.84. The van der Waals surface area contributed by atoms with E-state index >= 15 is 0 Å². The van der Waals surface area contributed by atoms with E-state index in [1.165, 1.54) is 0 Å². The van der Waals surface area contributed by atoms with Crippen molar-refractivity contribution in [2.75, 3.05) is 26.2 Å². The molecule has 0 atom stereocenters. The molecule has 0 rings (SSSR count). The molecule has 0 aliphatic heterocycles. The molecular formula is C6H12Ag2N2O5. The van der Waals surface area contributed by atoms with E-state index in [9.17, 15) is 0 Å². The third kappa shape index (κ3) is 31.4. The van der Waals surface area contributed by atoms with Crippen molar-refractivity contribution < 1.29 is 69.7 Å². The normalized spacial score (nSPS) is 7.33. The molecule has 0 aliphatic carbocycles. The zero-order valence-corrected chi connectivity index (χ0v) is 10.6. The van der Waals surface area contributed by atoms with Gasteiger partial charge >= 0.3 is 44.8 Å². The monoisotopic (exact) mass is 406 g/mol. The number of carboxylic acid groups (broad SMARTS) is 2. The van der Waals surface area contributed by atoms with Crippen LogP contribution in [0, 0.1) is 0 Å². The molecule has 9 heteroatoms. The summed E-state index contributed by atoms with van der Waals surface area (Å²) < 4.78 is 0. The number of aliphatic hydroxyl groups is 1. The van der Waals surface area contributed by atoms with Crippen LogP contribution >= 0.6 is 0 Å². The van der Waals surface area contributed by atoms with Crippen molar-refractivity contribution in [3.8, 4) is 0 Å². The Morgan fingerprint density at radius 3 is 1.73 bits per heavy atom. The maximum atomic E-state index is 8.93. The Hall–Kier alpha value is 0.301. The van der Waals surface area contributed by atoms with E-state index in [4.69, 9.17) is 30.6 Å². The number of hydrogen-bond donors (Lipinski definition) is 3. The minimum atomic E-state index is -2.19. The van der Waals surface area contributed by atoms with Crippen molar-refractivity contribution in [2.24, 2.45) is 5.73 Å². The first kappa shape index (κ1) is 24.5. The Balaban J connectivity index is -0.0000000718. The van der Waals surface area contributed by atoms with Gasteiger partial charge in [0.2, 0.25) is 0 Å². The van der Waals surface area contributed by atoms with Crippen molar-refractivity contribution in [3.63, 3.8) is 0 Å². The molecule has 98 valence electrons. The fourth-order valence-corrected chi connectivity index (χ4v) is 0.306. The van der Waals surface area contributed by atoms with E-state index in [1.807, 2.05) is 0 Å². The number of rotatable bonds is 4. The summed E-state index contributed by atoms with van der Waals surface area (Å²) in [6.07, 6.45) is 0. The molecule has 0 amide bonds. The van der Waals surface area contributed by atoms with Gasteiger partial charge in [-0.2, -0.15) is 0 Å². The zero-order valence-electron chi connectivity index (χ0n) is 7.59. The topological polar surface area (TPSA) is 139 Å². The SMILES string of the molecule is NCCNCCO.O=C([O-])C(=O)[O-].[Ag+].[Ag+]. The van der Waals surface area contributed by atoms with E-state index in [-0.39, 0.29) is 51.4 Å². The van der Waals surface area contributed by atoms with Crippen LogP contribution in [0.25, 0.3) is 0 Å². The number of aliphatic carboxylic acids is 2. The van der Waals surface area contributed by atoms with Crippen LogP contribution in [0.2, 0.25) is 0 Å². The molecular weight excluding hydrogens is 396 g/mol. The minimum Gasteiger partial charge on any atom is -0.543 e. The largest absolute Gasteiger partial charge is 1.00 e. The molecule has 7 nitrogen and oxygen atoms in total. The van der Waals surface area contributed by atoms with E-state index < -0.39 is 11.9 Å². The number of carbonyl (C=O) groups is 2. The first-order valence-corrected chi connectivity index (χ1v) is 3.50. The van der Waals surface area contributed by atoms with Crippen LogP contribution < -0.4 is 21.3 Å². The quantitative estimate of drug-likeness (QED) is 0.241. The average Bonchev–Trinajstić information content (AvgIpc) is 2.06. The predicted octanol–water partition coefficient (Wildman–Crippen LogP) is -4.99. The van der Waals surface area contributed by atoms with Gasteiger partial charge in [-0.25, -0.2) is 0 Å². The number of nitrogens with one attached hydrogen (secondary N) is 1. The van der Waals surface area contributed by atoms with Crippen LogP contribution in [-0.2, 0) is 54.3 Å². The first-order chi connectivity index (χ1) is 6.06. The second-order valence-corrected chi connectivity index (χ2v) is 1.84. The van der Waals surface area contributed by atoms with Gasteiger partial charge < -0.3 is 36.0 Å². The molecule has 0 bridgehead atoms. The standard InChI is InChI=1S/C4H12N2O.C2H2O4.2Ag/c5-1-2-6-3-4-7;3-1(4)2(5)6;;/h6-7H,1-5H2;(H,3,4)(H,5,6);;/q;;2*+1/p-2. The fourth-order valence-electron chi connectivity index (χ4n) is 0.306. The summed E-state index contributed by atoms with van der Waals surface area (Å²) in [5.41, 5.74) is 5.13. The molecule has 0 spiro atoms. The molecule has 0 saturated carbocycles. The molecule has 0 aromatic rings. The number of nitrogens with two attached hydrogens (primary N) is 1. The third-order valence-corrected chi connectivity index (χ3v) is 0.776. The number of carbonyl (C=O) groups excluding carboxylic acids is 2. The molecule has 0 aliphatic rings. The van der Waals surface area contributed by atoms with Gasteiger partial charge in [-0.15, -0.1) is 0 Å². The van der Waals surface area contributed by atoms with Gasteiger partial charge in [0, 0.05) is 19.6 Å². The summed E-state index contributed by atoms with van der Waals surface area (Å²) >= 11 is 0. The van der Waals surface area contributed by atoms with Crippen LogP contribution in [0.3, 0.4) is 0 Å². The second kappa shape index (κ2) is 19.8. The molecule has 0 aromatic heterocycles. The molecule has 0 radical (unpaired) electrons. The minimum absolute atomic E-state index is 0. The van der Waals surface area contributed by atoms with E-state index in [2.05, 4.69) is 5.32 Å². The Morgan fingerprint density at radius 2 is 1.53 bits per heavy atom. The van der Waals surface area contributed by atoms with Gasteiger partial charge in [-0.05, 0) is 0 Å². The Morgan fingerprint density at radius 1 is 1.13 bits per heavy atom. The van der Waals surface area contributed by atoms with Gasteiger partial charge in [-0.3, -0.25) is 0 Å². The summed E-state index contributed by atoms with van der Waals surface area (Å²) in [6.45, 7) is 2.28. The first-order valence-electron chi connectivity index (χ1n) is 3.50. The van der Waals surface area contributed by atoms with Gasteiger partial charge in [-0.1, -0.05) is 0 Å². The van der Waals surface area contributed by atoms with Gasteiger partial charge in [0.1, 0.15) is 0 Å². The van der Waals surface area contributed by atoms with Gasteiger partial charge in [0.15, 0.2) is 0 Å². The molecule has 0 saturated heterocycles. The maximum Gasteiger partial charge on any atom is 1.00 e. The summed E-state index contributed by atoms with van der Waals surface area (Å²) in [4.78, 5) is 17.9. The smallest absolute Gasteiger partial charge is 0.543 e. The van der Waals surface area contributed by atoms with Crippen LogP contribution in [0.15, 0.2) is 0 Å². The Labute approximate surface area is 118 Å². The summed E-state index contributed by atoms with van der Waals surface area (Å²) in [5.74, 6) is -4.37. The maximum absolute atomic E-state index is 8.93. The number of aliphatic hydroxyl groups excluding tert-OH is 1. The Bertz CT molecular complexity index is 142. The molecule has 0 heterocycles. The van der Waals surface area contributed by atoms with Gasteiger partial charge in [0.05, 0.1) is 18.5 Å². The predicted molar refractivity (Wildman–Crippen MR) is 39.0 cm³/mol. The van der Waals surface area contributed by atoms with Crippen LogP contribution in [0.5, 0.6) is 0 Å². The van der Waals surface area contributed by atoms with E-state index in [0.29, 0.717) is 13.1 Å². The van der Waals surface area contributed by atoms with E-state index in [1.54, 1.807) is 0 Å². The molecule has 15 heavy (non-hydrogen) atoms. The van der Waals surface area contributed by atoms with Crippen molar-refractivity contribution >= 4 is 11.9 Å².